The lowest BCUT2D eigenvalue weighted by molar-refractivity contribution is -0.134. The topological polar surface area (TPSA) is 61.9 Å². The van der Waals surface area contributed by atoms with E-state index in [1.54, 1.807) is 24.3 Å². The van der Waals surface area contributed by atoms with Gasteiger partial charge >= 0.3 is 0 Å². The lowest BCUT2D eigenvalue weighted by Gasteiger charge is -2.38. The van der Waals surface area contributed by atoms with E-state index in [0.29, 0.717) is 49.1 Å². The molecule has 3 rings (SSSR count). The molecule has 0 atom stereocenters. The van der Waals surface area contributed by atoms with Gasteiger partial charge in [0, 0.05) is 37.7 Å². The normalized spacial score (nSPS) is 14.0. The van der Waals surface area contributed by atoms with Crippen LogP contribution >= 0.6 is 11.6 Å². The summed E-state index contributed by atoms with van der Waals surface area (Å²) in [5, 5.41) is 3.55. The van der Waals surface area contributed by atoms with Crippen LogP contribution in [0, 0.1) is 5.92 Å². The maximum atomic E-state index is 12.8. The molecule has 160 valence electrons. The van der Waals surface area contributed by atoms with Crippen LogP contribution in [0.15, 0.2) is 42.5 Å². The first-order valence-electron chi connectivity index (χ1n) is 10.3. The van der Waals surface area contributed by atoms with E-state index in [1.165, 1.54) is 0 Å². The van der Waals surface area contributed by atoms with Gasteiger partial charge in [-0.05, 0) is 43.3 Å². The number of hydrogen-bond acceptors (Lipinski definition) is 4. The van der Waals surface area contributed by atoms with Crippen molar-refractivity contribution >= 4 is 34.8 Å². The summed E-state index contributed by atoms with van der Waals surface area (Å²) in [5.74, 6) is 0.667. The molecule has 1 N–H and O–H groups in total. The summed E-state index contributed by atoms with van der Waals surface area (Å²) in [6.45, 7) is 8.91. The van der Waals surface area contributed by atoms with Crippen LogP contribution in [0.2, 0.25) is 5.02 Å². The first-order chi connectivity index (χ1) is 14.4. The van der Waals surface area contributed by atoms with Crippen molar-refractivity contribution in [1.82, 2.24) is 4.90 Å². The highest BCUT2D eigenvalue weighted by Crippen LogP contribution is 2.35. The van der Waals surface area contributed by atoms with Gasteiger partial charge in [0.25, 0.3) is 5.91 Å². The van der Waals surface area contributed by atoms with Gasteiger partial charge in [-0.2, -0.15) is 0 Å². The minimum atomic E-state index is -0.213. The number of amides is 2. The molecule has 1 saturated heterocycles. The minimum Gasteiger partial charge on any atom is -0.494 e. The van der Waals surface area contributed by atoms with Gasteiger partial charge in [0.05, 0.1) is 23.0 Å². The Morgan fingerprint density at radius 1 is 1.07 bits per heavy atom. The average molecular weight is 430 g/mol. The molecule has 0 saturated carbocycles. The van der Waals surface area contributed by atoms with E-state index in [2.05, 4.69) is 10.2 Å². The number of rotatable bonds is 6. The number of carbonyl (C=O) groups excluding carboxylic acids is 2. The van der Waals surface area contributed by atoms with Crippen molar-refractivity contribution in [3.8, 4) is 5.75 Å². The zero-order chi connectivity index (χ0) is 21.7. The summed E-state index contributed by atoms with van der Waals surface area (Å²) in [6.07, 6.45) is 0. The second-order valence-electron chi connectivity index (χ2n) is 7.51. The van der Waals surface area contributed by atoms with Crippen LogP contribution in [0.1, 0.15) is 31.1 Å². The lowest BCUT2D eigenvalue weighted by atomic mass is 10.1. The lowest BCUT2D eigenvalue weighted by Crippen LogP contribution is -2.50. The molecule has 1 aliphatic rings. The van der Waals surface area contributed by atoms with Crippen molar-refractivity contribution in [2.45, 2.75) is 20.8 Å². The van der Waals surface area contributed by atoms with Crippen LogP contribution in [-0.2, 0) is 4.79 Å². The number of nitrogens with zero attached hydrogens (tertiary/aromatic N) is 2. The van der Waals surface area contributed by atoms with E-state index in [1.807, 2.05) is 43.9 Å². The smallest absolute Gasteiger partial charge is 0.255 e. The highest BCUT2D eigenvalue weighted by molar-refractivity contribution is 6.34. The quantitative estimate of drug-likeness (QED) is 0.743. The molecule has 0 unspecified atom stereocenters. The van der Waals surface area contributed by atoms with Gasteiger partial charge in [-0.1, -0.05) is 31.5 Å². The molecular formula is C23H28ClN3O3. The SMILES string of the molecule is CCOc1ccc(C(=O)Nc2cccc(Cl)c2N2CCN(C(=O)C(C)C)CC2)cc1. The number of benzene rings is 2. The first-order valence-corrected chi connectivity index (χ1v) is 10.6. The molecule has 2 aromatic carbocycles. The minimum absolute atomic E-state index is 0.0131. The number of anilines is 2. The molecule has 0 radical (unpaired) electrons. The fourth-order valence-electron chi connectivity index (χ4n) is 3.52. The molecule has 1 aliphatic heterocycles. The third-order valence-electron chi connectivity index (χ3n) is 5.06. The molecule has 1 heterocycles. The summed E-state index contributed by atoms with van der Waals surface area (Å²) in [7, 11) is 0. The van der Waals surface area contributed by atoms with Crippen LogP contribution in [-0.4, -0.2) is 49.5 Å². The van der Waals surface area contributed by atoms with Gasteiger partial charge in [0.1, 0.15) is 5.75 Å². The fourth-order valence-corrected chi connectivity index (χ4v) is 3.81. The van der Waals surface area contributed by atoms with Crippen LogP contribution in [0.25, 0.3) is 0 Å². The van der Waals surface area contributed by atoms with Gasteiger partial charge < -0.3 is 19.9 Å². The second kappa shape index (κ2) is 9.85. The van der Waals surface area contributed by atoms with Crippen molar-refractivity contribution in [3.05, 3.63) is 53.1 Å². The Balaban J connectivity index is 1.74. The molecule has 7 heteroatoms. The highest BCUT2D eigenvalue weighted by Gasteiger charge is 2.25. The van der Waals surface area contributed by atoms with Gasteiger partial charge in [0.15, 0.2) is 0 Å². The van der Waals surface area contributed by atoms with Crippen LogP contribution < -0.4 is 15.0 Å². The first kappa shape index (κ1) is 22.0. The number of nitrogens with one attached hydrogen (secondary N) is 1. The molecule has 0 aromatic heterocycles. The number of piperazine rings is 1. The summed E-state index contributed by atoms with van der Waals surface area (Å²) in [6, 6.07) is 12.5. The van der Waals surface area contributed by atoms with Crippen molar-refractivity contribution in [3.63, 3.8) is 0 Å². The summed E-state index contributed by atoms with van der Waals surface area (Å²) >= 11 is 6.51. The Kier molecular flexibility index (Phi) is 7.21. The Labute approximate surface area is 182 Å². The molecule has 2 amide bonds. The Morgan fingerprint density at radius 3 is 2.33 bits per heavy atom. The van der Waals surface area contributed by atoms with E-state index in [9.17, 15) is 9.59 Å². The summed E-state index contributed by atoms with van der Waals surface area (Å²) in [5.41, 5.74) is 1.98. The van der Waals surface area contributed by atoms with Crippen LogP contribution in [0.4, 0.5) is 11.4 Å². The third kappa shape index (κ3) is 5.05. The molecule has 30 heavy (non-hydrogen) atoms. The molecule has 0 bridgehead atoms. The second-order valence-corrected chi connectivity index (χ2v) is 7.92. The van der Waals surface area contributed by atoms with Gasteiger partial charge in [0.2, 0.25) is 5.91 Å². The largest absolute Gasteiger partial charge is 0.494 e. The van der Waals surface area contributed by atoms with Crippen molar-refractivity contribution < 1.29 is 14.3 Å². The van der Waals surface area contributed by atoms with Gasteiger partial charge in [-0.25, -0.2) is 0 Å². The molecule has 2 aromatic rings. The maximum absolute atomic E-state index is 12.8. The van der Waals surface area contributed by atoms with E-state index in [-0.39, 0.29) is 17.7 Å². The van der Waals surface area contributed by atoms with E-state index >= 15 is 0 Å². The number of para-hydroxylation sites is 1. The predicted octanol–water partition coefficient (Wildman–Crippen LogP) is 4.30. The average Bonchev–Trinajstić information content (AvgIpc) is 2.74. The fraction of sp³-hybridized carbons (Fsp3) is 0.391. The number of carbonyl (C=O) groups is 2. The number of halogens is 1. The molecule has 1 fully saturated rings. The predicted molar refractivity (Wildman–Crippen MR) is 121 cm³/mol. The Morgan fingerprint density at radius 2 is 1.73 bits per heavy atom. The number of hydrogen-bond donors (Lipinski definition) is 1. The standard InChI is InChI=1S/C23H28ClN3O3/c1-4-30-18-10-8-17(9-11-18)22(28)25-20-7-5-6-19(24)21(20)26-12-14-27(15-13-26)23(29)16(2)3/h5-11,16H,4,12-15H2,1-3H3,(H,25,28). The number of ether oxygens (including phenoxy) is 1. The zero-order valence-electron chi connectivity index (χ0n) is 17.7. The van der Waals surface area contributed by atoms with E-state index < -0.39 is 0 Å². The van der Waals surface area contributed by atoms with Crippen molar-refractivity contribution in [1.29, 1.82) is 0 Å². The maximum Gasteiger partial charge on any atom is 0.255 e. The van der Waals surface area contributed by atoms with Crippen molar-refractivity contribution in [2.75, 3.05) is 43.0 Å². The van der Waals surface area contributed by atoms with Gasteiger partial charge in [-0.3, -0.25) is 9.59 Å². The van der Waals surface area contributed by atoms with Crippen molar-refractivity contribution in [2.24, 2.45) is 5.92 Å². The Bertz CT molecular complexity index is 891. The van der Waals surface area contributed by atoms with Gasteiger partial charge in [-0.15, -0.1) is 0 Å². The molecule has 0 spiro atoms. The zero-order valence-corrected chi connectivity index (χ0v) is 18.4. The van der Waals surface area contributed by atoms with Crippen LogP contribution in [0.3, 0.4) is 0 Å². The monoisotopic (exact) mass is 429 g/mol. The molecular weight excluding hydrogens is 402 g/mol. The Hall–Kier alpha value is -2.73. The summed E-state index contributed by atoms with van der Waals surface area (Å²) in [4.78, 5) is 29.0. The highest BCUT2D eigenvalue weighted by atomic mass is 35.5. The van der Waals surface area contributed by atoms with Crippen LogP contribution in [0.5, 0.6) is 5.75 Å². The van der Waals surface area contributed by atoms with E-state index in [4.69, 9.17) is 16.3 Å². The third-order valence-corrected chi connectivity index (χ3v) is 5.37. The summed E-state index contributed by atoms with van der Waals surface area (Å²) < 4.78 is 5.43. The molecule has 6 nitrogen and oxygen atoms in total. The van der Waals surface area contributed by atoms with E-state index in [0.717, 1.165) is 11.4 Å². The molecule has 0 aliphatic carbocycles.